The lowest BCUT2D eigenvalue weighted by Crippen LogP contribution is -2.40. The Morgan fingerprint density at radius 1 is 1.53 bits per heavy atom. The number of hydrogen-bond donors (Lipinski definition) is 1. The molecule has 1 saturated heterocycles. The van der Waals surface area contributed by atoms with Gasteiger partial charge in [-0.2, -0.15) is 5.10 Å². The van der Waals surface area contributed by atoms with E-state index in [2.05, 4.69) is 15.4 Å². The number of nitrogens with one attached hydrogen (secondary N) is 1. The highest BCUT2D eigenvalue weighted by Crippen LogP contribution is 2.21. The van der Waals surface area contributed by atoms with Crippen molar-refractivity contribution in [1.82, 2.24) is 24.8 Å². The fraction of sp³-hybridized carbons (Fsp3) is 0.462. The molecule has 1 amide bonds. The van der Waals surface area contributed by atoms with Gasteiger partial charge >= 0.3 is 0 Å². The Kier molecular flexibility index (Phi) is 3.16. The van der Waals surface area contributed by atoms with Crippen LogP contribution in [0.1, 0.15) is 23.2 Å². The molecule has 1 unspecified atom stereocenters. The third-order valence-corrected chi connectivity index (χ3v) is 3.63. The zero-order chi connectivity index (χ0) is 13.2. The van der Waals surface area contributed by atoms with Crippen molar-refractivity contribution in [2.75, 3.05) is 20.1 Å². The van der Waals surface area contributed by atoms with Crippen LogP contribution in [0.4, 0.5) is 0 Å². The Morgan fingerprint density at radius 2 is 2.42 bits per heavy atom. The second-order valence-electron chi connectivity index (χ2n) is 4.82. The molecule has 6 heteroatoms. The van der Waals surface area contributed by atoms with E-state index in [1.165, 1.54) is 0 Å². The number of nitrogens with zero attached hydrogens (tertiary/aromatic N) is 4. The summed E-state index contributed by atoms with van der Waals surface area (Å²) in [4.78, 5) is 18.6. The van der Waals surface area contributed by atoms with Crippen molar-refractivity contribution in [3.05, 3.63) is 30.4 Å². The summed E-state index contributed by atoms with van der Waals surface area (Å²) in [5.41, 5.74) is 1.40. The van der Waals surface area contributed by atoms with Crippen molar-refractivity contribution in [3.8, 4) is 0 Å². The number of carbonyl (C=O) groups excluding carboxylic acids is 1. The Balaban J connectivity index is 1.91. The molecule has 3 rings (SSSR count). The molecule has 0 saturated carbocycles. The van der Waals surface area contributed by atoms with Crippen LogP contribution >= 0.6 is 0 Å². The minimum absolute atomic E-state index is 0.0563. The monoisotopic (exact) mass is 259 g/mol. The summed E-state index contributed by atoms with van der Waals surface area (Å²) < 4.78 is 1.68. The lowest BCUT2D eigenvalue weighted by atomic mass is 10.2. The highest BCUT2D eigenvalue weighted by Gasteiger charge is 2.30. The van der Waals surface area contributed by atoms with Crippen LogP contribution in [0.3, 0.4) is 0 Å². The highest BCUT2D eigenvalue weighted by atomic mass is 16.2. The second-order valence-corrected chi connectivity index (χ2v) is 4.82. The maximum atomic E-state index is 12.6. The second kappa shape index (κ2) is 4.97. The molecule has 1 atom stereocenters. The molecule has 1 aliphatic heterocycles. The summed E-state index contributed by atoms with van der Waals surface area (Å²) in [7, 11) is 1.92. The minimum Gasteiger partial charge on any atom is -0.334 e. The summed E-state index contributed by atoms with van der Waals surface area (Å²) in [6, 6.07) is 0.282. The molecule has 19 heavy (non-hydrogen) atoms. The van der Waals surface area contributed by atoms with Gasteiger partial charge in [0.05, 0.1) is 23.5 Å². The number of amides is 1. The molecule has 0 bridgehead atoms. The average Bonchev–Trinajstić information content (AvgIpc) is 3.04. The molecule has 2 aromatic rings. The van der Waals surface area contributed by atoms with Crippen molar-refractivity contribution in [1.29, 1.82) is 0 Å². The molecular formula is C13H17N5O. The Labute approximate surface area is 111 Å². The van der Waals surface area contributed by atoms with Crippen LogP contribution in [0.15, 0.2) is 24.8 Å². The number of likely N-dealkylation sites (tertiary alicyclic amines) is 1. The lowest BCUT2D eigenvalue weighted by Gasteiger charge is -2.24. The molecule has 0 aromatic carbocycles. The molecule has 100 valence electrons. The maximum Gasteiger partial charge on any atom is 0.258 e. The van der Waals surface area contributed by atoms with Crippen molar-refractivity contribution in [2.45, 2.75) is 18.9 Å². The van der Waals surface area contributed by atoms with Gasteiger partial charge in [0.2, 0.25) is 0 Å². The third-order valence-electron chi connectivity index (χ3n) is 3.63. The van der Waals surface area contributed by atoms with E-state index in [1.54, 1.807) is 29.3 Å². The van der Waals surface area contributed by atoms with Gasteiger partial charge in [-0.1, -0.05) is 0 Å². The zero-order valence-corrected chi connectivity index (χ0v) is 10.9. The van der Waals surface area contributed by atoms with Crippen LogP contribution in [0.2, 0.25) is 0 Å². The van der Waals surface area contributed by atoms with Crippen LogP contribution in [0, 0.1) is 0 Å². The summed E-state index contributed by atoms with van der Waals surface area (Å²) in [6.45, 7) is 1.66. The fourth-order valence-corrected chi connectivity index (χ4v) is 2.70. The molecule has 6 nitrogen and oxygen atoms in total. The lowest BCUT2D eigenvalue weighted by molar-refractivity contribution is 0.0739. The van der Waals surface area contributed by atoms with Gasteiger partial charge in [0.15, 0.2) is 0 Å². The standard InChI is InChI=1S/C13H17N5O/c1-14-7-10-3-2-5-17(10)13(19)11-8-16-18-6-4-15-9-12(11)18/h4,6,8-10,14H,2-3,5,7H2,1H3. The molecule has 0 aliphatic carbocycles. The first-order valence-electron chi connectivity index (χ1n) is 6.54. The van der Waals surface area contributed by atoms with E-state index in [0.717, 1.165) is 31.4 Å². The van der Waals surface area contributed by atoms with Gasteiger partial charge in [0, 0.05) is 31.5 Å². The van der Waals surface area contributed by atoms with Crippen LogP contribution in [0.5, 0.6) is 0 Å². The predicted molar refractivity (Wildman–Crippen MR) is 71.0 cm³/mol. The van der Waals surface area contributed by atoms with Crippen molar-refractivity contribution in [2.24, 2.45) is 0 Å². The van der Waals surface area contributed by atoms with Gasteiger partial charge in [0.1, 0.15) is 0 Å². The number of fused-ring (bicyclic) bond motifs is 1. The van der Waals surface area contributed by atoms with E-state index in [9.17, 15) is 4.79 Å². The van der Waals surface area contributed by atoms with Gasteiger partial charge in [-0.15, -0.1) is 0 Å². The van der Waals surface area contributed by atoms with E-state index in [-0.39, 0.29) is 11.9 Å². The molecular weight excluding hydrogens is 242 g/mol. The largest absolute Gasteiger partial charge is 0.334 e. The number of carbonyl (C=O) groups is 1. The Morgan fingerprint density at radius 3 is 3.26 bits per heavy atom. The minimum atomic E-state index is 0.0563. The number of hydrogen-bond acceptors (Lipinski definition) is 4. The van der Waals surface area contributed by atoms with E-state index in [1.807, 2.05) is 11.9 Å². The number of rotatable bonds is 3. The van der Waals surface area contributed by atoms with Crippen LogP contribution < -0.4 is 5.32 Å². The van der Waals surface area contributed by atoms with E-state index >= 15 is 0 Å². The van der Waals surface area contributed by atoms with Gasteiger partial charge in [-0.3, -0.25) is 9.78 Å². The van der Waals surface area contributed by atoms with Gasteiger partial charge in [-0.05, 0) is 19.9 Å². The first-order chi connectivity index (χ1) is 9.31. The summed E-state index contributed by atoms with van der Waals surface area (Å²) >= 11 is 0. The molecule has 3 heterocycles. The Bertz CT molecular complexity index is 593. The zero-order valence-electron chi connectivity index (χ0n) is 10.9. The summed E-state index contributed by atoms with van der Waals surface area (Å²) in [5.74, 6) is 0.0563. The normalized spacial score (nSPS) is 19.2. The van der Waals surface area contributed by atoms with Gasteiger partial charge < -0.3 is 10.2 Å². The predicted octanol–water partition coefficient (Wildman–Crippen LogP) is 0.553. The highest BCUT2D eigenvalue weighted by molar-refractivity contribution is 6.00. The maximum absolute atomic E-state index is 12.6. The van der Waals surface area contributed by atoms with Crippen LogP contribution in [-0.2, 0) is 0 Å². The van der Waals surface area contributed by atoms with Crippen LogP contribution in [-0.4, -0.2) is 51.6 Å². The molecule has 0 spiro atoms. The van der Waals surface area contributed by atoms with Gasteiger partial charge in [-0.25, -0.2) is 4.52 Å². The average molecular weight is 259 g/mol. The topological polar surface area (TPSA) is 62.5 Å². The number of aromatic nitrogens is 3. The fourth-order valence-electron chi connectivity index (χ4n) is 2.70. The van der Waals surface area contributed by atoms with Crippen LogP contribution in [0.25, 0.3) is 5.52 Å². The molecule has 1 N–H and O–H groups in total. The van der Waals surface area contributed by atoms with Crippen molar-refractivity contribution < 1.29 is 4.79 Å². The first-order valence-corrected chi connectivity index (χ1v) is 6.54. The first kappa shape index (κ1) is 12.1. The summed E-state index contributed by atoms with van der Waals surface area (Å²) in [6.07, 6.45) is 8.85. The van der Waals surface area contributed by atoms with E-state index < -0.39 is 0 Å². The van der Waals surface area contributed by atoms with E-state index in [0.29, 0.717) is 5.56 Å². The van der Waals surface area contributed by atoms with Crippen molar-refractivity contribution in [3.63, 3.8) is 0 Å². The smallest absolute Gasteiger partial charge is 0.258 e. The third kappa shape index (κ3) is 2.08. The van der Waals surface area contributed by atoms with E-state index in [4.69, 9.17) is 0 Å². The summed E-state index contributed by atoms with van der Waals surface area (Å²) in [5, 5.41) is 7.35. The molecule has 0 radical (unpaired) electrons. The quantitative estimate of drug-likeness (QED) is 0.874. The molecule has 1 aliphatic rings. The molecule has 2 aromatic heterocycles. The van der Waals surface area contributed by atoms with Gasteiger partial charge in [0.25, 0.3) is 5.91 Å². The number of likely N-dealkylation sites (N-methyl/N-ethyl adjacent to an activating group) is 1. The van der Waals surface area contributed by atoms with Crippen molar-refractivity contribution >= 4 is 11.4 Å². The Hall–Kier alpha value is -1.95. The molecule has 1 fully saturated rings. The SMILES string of the molecule is CNCC1CCCN1C(=O)c1cnn2ccncc12.